The molecule has 3 N–H and O–H groups in total. The molecule has 1 aliphatic rings. The molecule has 2 aromatic carbocycles. The monoisotopic (exact) mass is 503 g/mol. The number of fused-ring (bicyclic) bond motifs is 1. The summed E-state index contributed by atoms with van der Waals surface area (Å²) in [6, 6.07) is 15.3. The summed E-state index contributed by atoms with van der Waals surface area (Å²) in [7, 11) is 2.16. The largest absolute Gasteiger partial charge is 0.354 e. The molecule has 7 nitrogen and oxygen atoms in total. The normalized spacial score (nSPS) is 14.6. The van der Waals surface area contributed by atoms with E-state index in [1.165, 1.54) is 0 Å². The first kappa shape index (κ1) is 22.8. The second-order valence-electron chi connectivity index (χ2n) is 8.26. The predicted molar refractivity (Wildman–Crippen MR) is 134 cm³/mol. The van der Waals surface area contributed by atoms with Crippen LogP contribution in [0.4, 0.5) is 17.1 Å². The number of carbonyl (C=O) groups is 1. The molecule has 1 aliphatic heterocycles. The van der Waals surface area contributed by atoms with E-state index >= 15 is 0 Å². The summed E-state index contributed by atoms with van der Waals surface area (Å²) >= 11 is 3.47. The van der Waals surface area contributed by atoms with Gasteiger partial charge in [-0.05, 0) is 42.3 Å². The molecule has 0 aliphatic carbocycles. The first-order valence-electron chi connectivity index (χ1n) is 10.7. The molecule has 33 heavy (non-hydrogen) atoms. The van der Waals surface area contributed by atoms with Gasteiger partial charge in [-0.25, -0.2) is 0 Å². The average Bonchev–Trinajstić information content (AvgIpc) is 2.80. The third kappa shape index (κ3) is 5.68. The van der Waals surface area contributed by atoms with Gasteiger partial charge in [-0.3, -0.25) is 9.78 Å². The summed E-state index contributed by atoms with van der Waals surface area (Å²) in [6.07, 6.45) is 1.55. The number of pyridine rings is 1. The molecule has 1 aromatic heterocycles. The maximum absolute atomic E-state index is 12.4. The Balaban J connectivity index is 1.56. The van der Waals surface area contributed by atoms with E-state index in [0.717, 1.165) is 46.2 Å². The highest BCUT2D eigenvalue weighted by molar-refractivity contribution is 9.10. The second kappa shape index (κ2) is 10.0. The minimum atomic E-state index is -0.359. The van der Waals surface area contributed by atoms with Gasteiger partial charge in [0.2, 0.25) is 0 Å². The van der Waals surface area contributed by atoms with Gasteiger partial charge >= 0.3 is 0 Å². The number of hydrogen-bond donors (Lipinski definition) is 3. The van der Waals surface area contributed by atoms with E-state index < -0.39 is 0 Å². The van der Waals surface area contributed by atoms with Gasteiger partial charge in [0.15, 0.2) is 0 Å². The number of likely N-dealkylation sites (N-methyl/N-ethyl adjacent to an activating group) is 1. The van der Waals surface area contributed by atoms with Crippen LogP contribution in [0.5, 0.6) is 0 Å². The molecular formula is C25H24BrN6O+. The number of aromatic nitrogens is 1. The number of halogens is 1. The number of benzene rings is 2. The van der Waals surface area contributed by atoms with E-state index in [4.69, 9.17) is 0 Å². The lowest BCUT2D eigenvalue weighted by Crippen LogP contribution is -2.56. The highest BCUT2D eigenvalue weighted by Gasteiger charge is 2.22. The number of carbonyl (C=O) groups excluding carboxylic acids is 1. The van der Waals surface area contributed by atoms with Crippen molar-refractivity contribution < 1.29 is 9.28 Å². The first-order valence-corrected chi connectivity index (χ1v) is 11.4. The molecule has 0 saturated carbocycles. The Morgan fingerprint density at radius 2 is 2.03 bits per heavy atom. The van der Waals surface area contributed by atoms with Crippen LogP contribution in [0, 0.1) is 23.2 Å². The van der Waals surface area contributed by atoms with Gasteiger partial charge in [0.25, 0.3) is 5.91 Å². The first-order chi connectivity index (χ1) is 16.0. The van der Waals surface area contributed by atoms with E-state index in [-0.39, 0.29) is 5.91 Å². The highest BCUT2D eigenvalue weighted by Crippen LogP contribution is 2.31. The molecule has 0 atom stereocenters. The standard InChI is InChI=1S/C25H23BrN6O/c1-32(12-9-28-10-13-32)11-3-6-24(33)30-21-7-8-23-22(15-21)25(18(16-27)17-29-23)31-20-5-2-4-19(26)14-20/h2,4-5,7-8,14-15,17,28H,9-13H2,1H3,(H-,29,30,31,33)/p+1. The van der Waals surface area contributed by atoms with Crippen molar-refractivity contribution in [3.63, 3.8) is 0 Å². The van der Waals surface area contributed by atoms with Crippen LogP contribution >= 0.6 is 15.9 Å². The third-order valence-corrected chi connectivity index (χ3v) is 6.15. The van der Waals surface area contributed by atoms with Crippen molar-refractivity contribution in [1.29, 1.82) is 5.26 Å². The molecule has 0 spiro atoms. The fraction of sp³-hybridized carbons (Fsp3) is 0.240. The third-order valence-electron chi connectivity index (χ3n) is 5.66. The zero-order chi connectivity index (χ0) is 23.3. The van der Waals surface area contributed by atoms with E-state index in [0.29, 0.717) is 29.0 Å². The molecule has 166 valence electrons. The van der Waals surface area contributed by atoms with Gasteiger partial charge in [0, 0.05) is 46.4 Å². The van der Waals surface area contributed by atoms with Crippen LogP contribution in [0.2, 0.25) is 0 Å². The average molecular weight is 504 g/mol. The molecule has 0 unspecified atom stereocenters. The van der Waals surface area contributed by atoms with Gasteiger partial charge in [0.05, 0.1) is 36.9 Å². The van der Waals surface area contributed by atoms with Crippen LogP contribution in [0.25, 0.3) is 10.9 Å². The molecule has 8 heteroatoms. The predicted octanol–water partition coefficient (Wildman–Crippen LogP) is 3.60. The van der Waals surface area contributed by atoms with Gasteiger partial charge in [-0.15, -0.1) is 0 Å². The summed E-state index contributed by atoms with van der Waals surface area (Å²) in [5.41, 5.74) is 3.20. The number of rotatable bonds is 4. The number of nitrogens with zero attached hydrogens (tertiary/aromatic N) is 3. The van der Waals surface area contributed by atoms with E-state index in [2.05, 4.69) is 61.8 Å². The molecule has 1 saturated heterocycles. The quantitative estimate of drug-likeness (QED) is 0.373. The number of nitriles is 1. The lowest BCUT2D eigenvalue weighted by Gasteiger charge is -2.36. The van der Waals surface area contributed by atoms with Gasteiger partial charge in [0.1, 0.15) is 12.6 Å². The zero-order valence-corrected chi connectivity index (χ0v) is 19.9. The Morgan fingerprint density at radius 3 is 2.79 bits per heavy atom. The summed E-state index contributed by atoms with van der Waals surface area (Å²) in [5.74, 6) is 5.38. The van der Waals surface area contributed by atoms with Crippen LogP contribution in [0.15, 0.2) is 53.1 Å². The highest BCUT2D eigenvalue weighted by atomic mass is 79.9. The number of anilines is 3. The number of hydrogen-bond acceptors (Lipinski definition) is 5. The zero-order valence-electron chi connectivity index (χ0n) is 18.3. The Bertz CT molecular complexity index is 1300. The number of amides is 1. The molecule has 0 radical (unpaired) electrons. The van der Waals surface area contributed by atoms with Crippen molar-refractivity contribution in [2.24, 2.45) is 0 Å². The fourth-order valence-electron chi connectivity index (χ4n) is 3.77. The van der Waals surface area contributed by atoms with Crippen LogP contribution in [0.1, 0.15) is 5.56 Å². The Labute approximate surface area is 201 Å². The summed E-state index contributed by atoms with van der Waals surface area (Å²) < 4.78 is 1.77. The second-order valence-corrected chi connectivity index (χ2v) is 9.17. The molecule has 4 rings (SSSR count). The number of piperazine rings is 1. The maximum atomic E-state index is 12.4. The molecule has 1 amide bonds. The fourth-order valence-corrected chi connectivity index (χ4v) is 4.17. The van der Waals surface area contributed by atoms with E-state index in [1.54, 1.807) is 12.3 Å². The molecule has 3 aromatic rings. The Morgan fingerprint density at radius 1 is 1.21 bits per heavy atom. The molecule has 2 heterocycles. The van der Waals surface area contributed by atoms with Crippen LogP contribution in [0.3, 0.4) is 0 Å². The van der Waals surface area contributed by atoms with E-state index in [9.17, 15) is 10.1 Å². The summed E-state index contributed by atoms with van der Waals surface area (Å²) in [5, 5.41) is 19.9. The van der Waals surface area contributed by atoms with Crippen molar-refractivity contribution in [1.82, 2.24) is 10.3 Å². The topological polar surface area (TPSA) is 89.8 Å². The van der Waals surface area contributed by atoms with Crippen molar-refractivity contribution >= 4 is 49.8 Å². The number of quaternary nitrogens is 1. The Hall–Kier alpha value is -3.43. The van der Waals surface area contributed by atoms with Gasteiger partial charge < -0.3 is 20.4 Å². The van der Waals surface area contributed by atoms with Crippen molar-refractivity contribution in [2.75, 3.05) is 50.4 Å². The van der Waals surface area contributed by atoms with Crippen molar-refractivity contribution in [3.05, 3.63) is 58.7 Å². The van der Waals surface area contributed by atoms with Crippen molar-refractivity contribution in [3.8, 4) is 17.9 Å². The Kier molecular flexibility index (Phi) is 6.90. The maximum Gasteiger partial charge on any atom is 0.300 e. The molecule has 0 bridgehead atoms. The lowest BCUT2D eigenvalue weighted by molar-refractivity contribution is -0.904. The van der Waals surface area contributed by atoms with E-state index in [1.807, 2.05) is 36.4 Å². The summed E-state index contributed by atoms with van der Waals surface area (Å²) in [6.45, 7) is 4.59. The van der Waals surface area contributed by atoms with Crippen molar-refractivity contribution in [2.45, 2.75) is 0 Å². The van der Waals surface area contributed by atoms with Gasteiger partial charge in [-0.2, -0.15) is 5.26 Å². The van der Waals surface area contributed by atoms with Crippen LogP contribution < -0.4 is 16.0 Å². The molecular weight excluding hydrogens is 480 g/mol. The minimum Gasteiger partial charge on any atom is -0.354 e. The van der Waals surface area contributed by atoms with Crippen LogP contribution in [-0.4, -0.2) is 55.1 Å². The molecule has 1 fully saturated rings. The van der Waals surface area contributed by atoms with Crippen LogP contribution in [-0.2, 0) is 4.79 Å². The number of nitrogens with one attached hydrogen (secondary N) is 3. The SMILES string of the molecule is C[N+]1(CC#CC(=O)Nc2ccc3ncc(C#N)c(Nc4cccc(Br)c4)c3c2)CCNCC1. The summed E-state index contributed by atoms with van der Waals surface area (Å²) in [4.78, 5) is 16.8. The lowest BCUT2D eigenvalue weighted by atomic mass is 10.1. The van der Waals surface area contributed by atoms with Gasteiger partial charge in [-0.1, -0.05) is 22.0 Å². The minimum absolute atomic E-state index is 0.359. The smallest absolute Gasteiger partial charge is 0.300 e.